The third-order valence-corrected chi connectivity index (χ3v) is 4.65. The van der Waals surface area contributed by atoms with E-state index >= 15 is 0 Å². The van der Waals surface area contributed by atoms with Gasteiger partial charge in [0.25, 0.3) is 5.91 Å². The van der Waals surface area contributed by atoms with Crippen LogP contribution in [0.15, 0.2) is 66.9 Å². The van der Waals surface area contributed by atoms with Crippen molar-refractivity contribution in [3.63, 3.8) is 0 Å². The van der Waals surface area contributed by atoms with E-state index in [-0.39, 0.29) is 19.6 Å². The summed E-state index contributed by atoms with van der Waals surface area (Å²) < 4.78 is 5.12. The third kappa shape index (κ3) is 6.53. The van der Waals surface area contributed by atoms with Crippen molar-refractivity contribution in [2.24, 2.45) is 5.73 Å². The van der Waals surface area contributed by atoms with Gasteiger partial charge in [0.05, 0.1) is 11.1 Å². The number of para-hydroxylation sites is 1. The van der Waals surface area contributed by atoms with Crippen molar-refractivity contribution in [2.45, 2.75) is 25.5 Å². The Morgan fingerprint density at radius 1 is 1.03 bits per heavy atom. The van der Waals surface area contributed by atoms with Crippen LogP contribution in [0, 0.1) is 0 Å². The number of benzene rings is 2. The van der Waals surface area contributed by atoms with Gasteiger partial charge in [-0.3, -0.25) is 14.6 Å². The molecule has 8 heteroatoms. The average Bonchev–Trinajstić information content (AvgIpc) is 2.79. The molecule has 4 N–H and O–H groups in total. The summed E-state index contributed by atoms with van der Waals surface area (Å²) in [5.41, 5.74) is 7.43. The van der Waals surface area contributed by atoms with E-state index < -0.39 is 23.9 Å². The molecule has 0 aliphatic carbocycles. The zero-order valence-corrected chi connectivity index (χ0v) is 16.9. The highest BCUT2D eigenvalue weighted by Gasteiger charge is 2.19. The summed E-state index contributed by atoms with van der Waals surface area (Å²) in [5.74, 6) is -1.08. The Morgan fingerprint density at radius 2 is 1.77 bits per heavy atom. The highest BCUT2D eigenvalue weighted by Crippen LogP contribution is 2.13. The monoisotopic (exact) mass is 420 g/mol. The molecule has 2 aromatic carbocycles. The van der Waals surface area contributed by atoms with Gasteiger partial charge in [0.2, 0.25) is 5.91 Å². The Morgan fingerprint density at radius 3 is 2.55 bits per heavy atom. The molecule has 3 aromatic rings. The van der Waals surface area contributed by atoms with Crippen LogP contribution in [0.4, 0.5) is 4.79 Å². The first kappa shape index (κ1) is 21.8. The number of primary amides is 1. The van der Waals surface area contributed by atoms with Crippen LogP contribution in [0.3, 0.4) is 0 Å². The lowest BCUT2D eigenvalue weighted by atomic mass is 10.1. The van der Waals surface area contributed by atoms with Crippen LogP contribution in [0.25, 0.3) is 10.9 Å². The van der Waals surface area contributed by atoms with Crippen molar-refractivity contribution in [2.75, 3.05) is 6.54 Å². The number of alkyl carbamates (subject to hydrolysis) is 1. The fraction of sp³-hybridized carbons (Fsp3) is 0.217. The van der Waals surface area contributed by atoms with Gasteiger partial charge < -0.3 is 21.1 Å². The summed E-state index contributed by atoms with van der Waals surface area (Å²) in [4.78, 5) is 40.3. The molecule has 0 aliphatic rings. The molecule has 31 heavy (non-hydrogen) atoms. The second kappa shape index (κ2) is 10.7. The van der Waals surface area contributed by atoms with Crippen LogP contribution >= 0.6 is 0 Å². The number of nitrogens with two attached hydrogens (primary N) is 1. The molecule has 1 heterocycles. The van der Waals surface area contributed by atoms with Crippen LogP contribution < -0.4 is 16.4 Å². The molecule has 0 spiro atoms. The van der Waals surface area contributed by atoms with E-state index in [0.29, 0.717) is 12.0 Å². The molecule has 0 bridgehead atoms. The van der Waals surface area contributed by atoms with Gasteiger partial charge in [0, 0.05) is 18.1 Å². The van der Waals surface area contributed by atoms with Crippen LogP contribution in [-0.2, 0) is 16.1 Å². The van der Waals surface area contributed by atoms with Crippen molar-refractivity contribution < 1.29 is 19.1 Å². The van der Waals surface area contributed by atoms with Gasteiger partial charge in [-0.1, -0.05) is 48.5 Å². The van der Waals surface area contributed by atoms with Crippen LogP contribution in [0.2, 0.25) is 0 Å². The smallest absolute Gasteiger partial charge is 0.407 e. The third-order valence-electron chi connectivity index (χ3n) is 4.65. The Hall–Kier alpha value is -3.94. The zero-order chi connectivity index (χ0) is 22.1. The van der Waals surface area contributed by atoms with Crippen molar-refractivity contribution in [1.29, 1.82) is 0 Å². The quantitative estimate of drug-likeness (QED) is 0.459. The summed E-state index contributed by atoms with van der Waals surface area (Å²) in [6, 6.07) is 17.6. The van der Waals surface area contributed by atoms with Crippen LogP contribution in [0.1, 0.15) is 28.8 Å². The van der Waals surface area contributed by atoms with Crippen LogP contribution in [-0.4, -0.2) is 35.5 Å². The summed E-state index contributed by atoms with van der Waals surface area (Å²) >= 11 is 0. The van der Waals surface area contributed by atoms with Crippen molar-refractivity contribution >= 4 is 28.8 Å². The van der Waals surface area contributed by atoms with E-state index in [0.717, 1.165) is 16.5 Å². The Labute approximate surface area is 179 Å². The van der Waals surface area contributed by atoms with Gasteiger partial charge in [0.15, 0.2) is 0 Å². The zero-order valence-electron chi connectivity index (χ0n) is 16.9. The lowest BCUT2D eigenvalue weighted by Crippen LogP contribution is -2.44. The highest BCUT2D eigenvalue weighted by atomic mass is 16.5. The number of carbonyl (C=O) groups excluding carboxylic acids is 3. The van der Waals surface area contributed by atoms with Crippen molar-refractivity contribution in [3.8, 4) is 0 Å². The molecule has 3 amide bonds. The second-order valence-corrected chi connectivity index (χ2v) is 6.98. The van der Waals surface area contributed by atoms with Gasteiger partial charge in [0.1, 0.15) is 12.6 Å². The minimum atomic E-state index is -0.860. The minimum Gasteiger partial charge on any atom is -0.445 e. The average molecular weight is 420 g/mol. The van der Waals surface area contributed by atoms with Crippen molar-refractivity contribution in [1.82, 2.24) is 15.6 Å². The van der Waals surface area contributed by atoms with Gasteiger partial charge in [-0.15, -0.1) is 0 Å². The van der Waals surface area contributed by atoms with E-state index in [1.807, 2.05) is 54.6 Å². The largest absolute Gasteiger partial charge is 0.445 e. The molecule has 1 atom stereocenters. The van der Waals surface area contributed by atoms with Gasteiger partial charge in [-0.25, -0.2) is 4.79 Å². The number of nitrogens with one attached hydrogen (secondary N) is 2. The first-order valence-corrected chi connectivity index (χ1v) is 9.92. The minimum absolute atomic E-state index is 0.173. The van der Waals surface area contributed by atoms with Gasteiger partial charge >= 0.3 is 6.09 Å². The summed E-state index contributed by atoms with van der Waals surface area (Å²) in [5, 5.41) is 6.07. The molecular weight excluding hydrogens is 396 g/mol. The van der Waals surface area contributed by atoms with Gasteiger partial charge in [-0.2, -0.15) is 0 Å². The molecule has 8 nitrogen and oxygen atoms in total. The number of nitrogens with zero attached hydrogens (tertiary/aromatic N) is 1. The van der Waals surface area contributed by atoms with Gasteiger partial charge in [-0.05, 0) is 30.5 Å². The molecule has 0 fully saturated rings. The number of carbonyl (C=O) groups is 3. The standard InChI is InChI=1S/C23H24N4O4/c24-21(28)20(11-6-12-25-23(30)31-15-16-7-2-1-3-8-16)27-22(29)18-13-17-9-4-5-10-19(17)26-14-18/h1-5,7-10,13-14,20H,6,11-12,15H2,(H2,24,28)(H,25,30)(H,27,29)/t20-/m0/s1. The number of ether oxygens (including phenoxy) is 1. The summed E-state index contributed by atoms with van der Waals surface area (Å²) in [6.45, 7) is 0.456. The maximum atomic E-state index is 12.5. The molecule has 0 radical (unpaired) electrons. The fourth-order valence-electron chi connectivity index (χ4n) is 2.99. The summed E-state index contributed by atoms with van der Waals surface area (Å²) in [6.07, 6.45) is 1.62. The normalized spacial score (nSPS) is 11.5. The first-order valence-electron chi connectivity index (χ1n) is 9.92. The molecule has 3 rings (SSSR count). The Balaban J connectivity index is 1.44. The molecule has 0 saturated heterocycles. The van der Waals surface area contributed by atoms with Crippen LogP contribution in [0.5, 0.6) is 0 Å². The number of fused-ring (bicyclic) bond motifs is 1. The fourth-order valence-corrected chi connectivity index (χ4v) is 2.99. The molecule has 0 saturated carbocycles. The number of hydrogen-bond acceptors (Lipinski definition) is 5. The number of amides is 3. The molecule has 0 unspecified atom stereocenters. The molecule has 1 aromatic heterocycles. The molecular formula is C23H24N4O4. The van der Waals surface area contributed by atoms with E-state index in [1.54, 1.807) is 6.07 Å². The van der Waals surface area contributed by atoms with E-state index in [9.17, 15) is 14.4 Å². The predicted octanol–water partition coefficient (Wildman–Crippen LogP) is 2.53. The maximum Gasteiger partial charge on any atom is 0.407 e. The lowest BCUT2D eigenvalue weighted by Gasteiger charge is -2.16. The number of rotatable bonds is 9. The highest BCUT2D eigenvalue weighted by molar-refractivity contribution is 5.99. The lowest BCUT2D eigenvalue weighted by molar-refractivity contribution is -0.120. The molecule has 160 valence electrons. The number of aromatic nitrogens is 1. The van der Waals surface area contributed by atoms with E-state index in [4.69, 9.17) is 10.5 Å². The number of pyridine rings is 1. The van der Waals surface area contributed by atoms with Crippen molar-refractivity contribution in [3.05, 3.63) is 78.0 Å². The topological polar surface area (TPSA) is 123 Å². The first-order chi connectivity index (χ1) is 15.0. The maximum absolute atomic E-state index is 12.5. The van der Waals surface area contributed by atoms with E-state index in [2.05, 4.69) is 15.6 Å². The predicted molar refractivity (Wildman–Crippen MR) is 116 cm³/mol. The SMILES string of the molecule is NC(=O)[C@H](CCCNC(=O)OCc1ccccc1)NC(=O)c1cnc2ccccc2c1. The Kier molecular flexibility index (Phi) is 7.53. The Bertz CT molecular complexity index is 1060. The summed E-state index contributed by atoms with van der Waals surface area (Å²) in [7, 11) is 0. The second-order valence-electron chi connectivity index (χ2n) is 6.98. The number of hydrogen-bond donors (Lipinski definition) is 3. The molecule has 0 aliphatic heterocycles. The van der Waals surface area contributed by atoms with E-state index in [1.165, 1.54) is 6.20 Å².